The lowest BCUT2D eigenvalue weighted by Crippen LogP contribution is -2.32. The summed E-state index contributed by atoms with van der Waals surface area (Å²) in [6.07, 6.45) is 3.81. The quantitative estimate of drug-likeness (QED) is 0.743. The standard InChI is InChI=1S/C18H17BrFN3O2S/c19-10-5-6-15(13(20)7-10)21-16(24)8-11-9-26-18-22-14-4-2-1-3-12(14)17(25)23(11)18/h5-7,11H,1-4,8-9H2,(H,21,24). The van der Waals surface area contributed by atoms with E-state index >= 15 is 0 Å². The van der Waals surface area contributed by atoms with Gasteiger partial charge in [0.25, 0.3) is 5.56 Å². The van der Waals surface area contributed by atoms with Gasteiger partial charge in [-0.2, -0.15) is 0 Å². The molecular formula is C18H17BrFN3O2S. The van der Waals surface area contributed by atoms with E-state index in [0.29, 0.717) is 15.4 Å². The maximum Gasteiger partial charge on any atom is 0.257 e. The zero-order valence-electron chi connectivity index (χ0n) is 13.9. The molecule has 2 heterocycles. The average molecular weight is 438 g/mol. The fourth-order valence-corrected chi connectivity index (χ4v) is 4.96. The number of carbonyl (C=O) groups is 1. The highest BCUT2D eigenvalue weighted by molar-refractivity contribution is 9.10. The molecule has 0 fully saturated rings. The summed E-state index contributed by atoms with van der Waals surface area (Å²) in [5, 5.41) is 3.29. The Bertz CT molecular complexity index is 947. The van der Waals surface area contributed by atoms with Gasteiger partial charge in [0.1, 0.15) is 5.82 Å². The van der Waals surface area contributed by atoms with Crippen molar-refractivity contribution in [1.29, 1.82) is 0 Å². The molecule has 0 bridgehead atoms. The van der Waals surface area contributed by atoms with Crippen LogP contribution in [0.2, 0.25) is 0 Å². The van der Waals surface area contributed by atoms with Crippen molar-refractivity contribution in [3.63, 3.8) is 0 Å². The van der Waals surface area contributed by atoms with E-state index in [0.717, 1.165) is 36.9 Å². The minimum absolute atomic E-state index is 0.0117. The molecule has 0 saturated heterocycles. The summed E-state index contributed by atoms with van der Waals surface area (Å²) in [6.45, 7) is 0. The molecule has 1 aromatic heterocycles. The smallest absolute Gasteiger partial charge is 0.257 e. The van der Waals surface area contributed by atoms with Crippen LogP contribution in [0.1, 0.15) is 36.6 Å². The zero-order chi connectivity index (χ0) is 18.3. The molecule has 5 nitrogen and oxygen atoms in total. The number of aromatic nitrogens is 2. The van der Waals surface area contributed by atoms with E-state index in [9.17, 15) is 14.0 Å². The van der Waals surface area contributed by atoms with Crippen molar-refractivity contribution < 1.29 is 9.18 Å². The van der Waals surface area contributed by atoms with Crippen LogP contribution in [0.3, 0.4) is 0 Å². The number of carbonyl (C=O) groups excluding carboxylic acids is 1. The van der Waals surface area contributed by atoms with Crippen LogP contribution in [0.15, 0.2) is 32.6 Å². The Labute approximate surface area is 162 Å². The molecule has 1 aliphatic heterocycles. The number of hydrogen-bond donors (Lipinski definition) is 1. The predicted octanol–water partition coefficient (Wildman–Crippen LogP) is 3.70. The number of nitrogens with zero attached hydrogens (tertiary/aromatic N) is 2. The van der Waals surface area contributed by atoms with Crippen LogP contribution in [0.25, 0.3) is 0 Å². The third kappa shape index (κ3) is 3.32. The van der Waals surface area contributed by atoms with Gasteiger partial charge in [-0.3, -0.25) is 14.2 Å². The number of amides is 1. The molecule has 26 heavy (non-hydrogen) atoms. The summed E-state index contributed by atoms with van der Waals surface area (Å²) in [5.41, 5.74) is 1.84. The van der Waals surface area contributed by atoms with Crippen molar-refractivity contribution in [2.24, 2.45) is 0 Å². The Morgan fingerprint density at radius 3 is 3.00 bits per heavy atom. The number of benzene rings is 1. The Hall–Kier alpha value is -1.67. The van der Waals surface area contributed by atoms with Crippen LogP contribution in [-0.2, 0) is 17.6 Å². The summed E-state index contributed by atoms with van der Waals surface area (Å²) < 4.78 is 16.2. The number of fused-ring (bicyclic) bond motifs is 2. The summed E-state index contributed by atoms with van der Waals surface area (Å²) >= 11 is 4.70. The van der Waals surface area contributed by atoms with Crippen LogP contribution >= 0.6 is 27.7 Å². The highest BCUT2D eigenvalue weighted by Crippen LogP contribution is 2.34. The average Bonchev–Trinajstić information content (AvgIpc) is 3.00. The van der Waals surface area contributed by atoms with Gasteiger partial charge in [-0.1, -0.05) is 27.7 Å². The Morgan fingerprint density at radius 1 is 1.38 bits per heavy atom. The number of hydrogen-bond acceptors (Lipinski definition) is 4. The van der Waals surface area contributed by atoms with E-state index < -0.39 is 5.82 Å². The predicted molar refractivity (Wildman–Crippen MR) is 102 cm³/mol. The van der Waals surface area contributed by atoms with Crippen molar-refractivity contribution in [2.45, 2.75) is 43.3 Å². The van der Waals surface area contributed by atoms with Crippen LogP contribution < -0.4 is 10.9 Å². The second kappa shape index (κ2) is 7.15. The summed E-state index contributed by atoms with van der Waals surface area (Å²) in [5.74, 6) is -0.183. The van der Waals surface area contributed by atoms with Crippen molar-refractivity contribution in [3.05, 3.63) is 50.1 Å². The number of nitrogens with one attached hydrogen (secondary N) is 1. The molecule has 4 rings (SSSR count). The molecule has 0 spiro atoms. The van der Waals surface area contributed by atoms with E-state index in [-0.39, 0.29) is 29.6 Å². The van der Waals surface area contributed by atoms with Crippen molar-refractivity contribution in [2.75, 3.05) is 11.1 Å². The molecule has 0 radical (unpaired) electrons. The first-order chi connectivity index (χ1) is 12.5. The van der Waals surface area contributed by atoms with E-state index in [1.807, 2.05) is 0 Å². The number of halogens is 2. The highest BCUT2D eigenvalue weighted by atomic mass is 79.9. The van der Waals surface area contributed by atoms with Gasteiger partial charge >= 0.3 is 0 Å². The molecule has 0 saturated carbocycles. The van der Waals surface area contributed by atoms with Gasteiger partial charge < -0.3 is 5.32 Å². The molecule has 136 valence electrons. The van der Waals surface area contributed by atoms with Crippen molar-refractivity contribution in [1.82, 2.24) is 9.55 Å². The molecule has 1 amide bonds. The van der Waals surface area contributed by atoms with Gasteiger partial charge in [0.2, 0.25) is 5.91 Å². The molecule has 1 aromatic carbocycles. The molecule has 1 unspecified atom stereocenters. The van der Waals surface area contributed by atoms with Crippen molar-refractivity contribution >= 4 is 39.3 Å². The first kappa shape index (κ1) is 17.7. The van der Waals surface area contributed by atoms with Gasteiger partial charge in [0.05, 0.1) is 17.4 Å². The van der Waals surface area contributed by atoms with Crippen LogP contribution in [-0.4, -0.2) is 21.2 Å². The summed E-state index contributed by atoms with van der Waals surface area (Å²) in [6, 6.07) is 4.23. The number of rotatable bonds is 3. The Kier molecular flexibility index (Phi) is 4.88. The van der Waals surface area contributed by atoms with Crippen LogP contribution in [0.5, 0.6) is 0 Å². The fraction of sp³-hybridized carbons (Fsp3) is 0.389. The molecule has 1 aliphatic carbocycles. The maximum atomic E-state index is 13.9. The first-order valence-electron chi connectivity index (χ1n) is 8.55. The third-order valence-electron chi connectivity index (χ3n) is 4.75. The van der Waals surface area contributed by atoms with Crippen LogP contribution in [0.4, 0.5) is 10.1 Å². The number of thioether (sulfide) groups is 1. The molecular weight excluding hydrogens is 421 g/mol. The number of anilines is 1. The zero-order valence-corrected chi connectivity index (χ0v) is 16.3. The van der Waals surface area contributed by atoms with Gasteiger partial charge in [-0.25, -0.2) is 9.37 Å². The Morgan fingerprint density at radius 2 is 2.19 bits per heavy atom. The normalized spacial score (nSPS) is 18.3. The maximum absolute atomic E-state index is 13.9. The SMILES string of the molecule is O=C(CC1CSc2nc3c(c(=O)n21)CCCC3)Nc1ccc(Br)cc1F. The highest BCUT2D eigenvalue weighted by Gasteiger charge is 2.30. The number of aryl methyl sites for hydroxylation is 1. The summed E-state index contributed by atoms with van der Waals surface area (Å²) in [4.78, 5) is 29.9. The van der Waals surface area contributed by atoms with E-state index in [2.05, 4.69) is 26.2 Å². The molecule has 2 aromatic rings. The Balaban J connectivity index is 1.54. The molecule has 1 N–H and O–H groups in total. The molecule has 1 atom stereocenters. The minimum atomic E-state index is -0.498. The van der Waals surface area contributed by atoms with Gasteiger partial charge in [0, 0.05) is 22.2 Å². The summed E-state index contributed by atoms with van der Waals surface area (Å²) in [7, 11) is 0. The van der Waals surface area contributed by atoms with Gasteiger partial charge in [0.15, 0.2) is 5.16 Å². The third-order valence-corrected chi connectivity index (χ3v) is 6.34. The van der Waals surface area contributed by atoms with Crippen molar-refractivity contribution in [3.8, 4) is 0 Å². The minimum Gasteiger partial charge on any atom is -0.324 e. The van der Waals surface area contributed by atoms with E-state index in [1.54, 1.807) is 10.6 Å². The van der Waals surface area contributed by atoms with E-state index in [4.69, 9.17) is 0 Å². The monoisotopic (exact) mass is 437 g/mol. The molecule has 2 aliphatic rings. The van der Waals surface area contributed by atoms with E-state index in [1.165, 1.54) is 23.9 Å². The lowest BCUT2D eigenvalue weighted by molar-refractivity contribution is -0.116. The lowest BCUT2D eigenvalue weighted by atomic mass is 9.97. The van der Waals surface area contributed by atoms with Crippen LogP contribution in [0, 0.1) is 5.82 Å². The van der Waals surface area contributed by atoms with Gasteiger partial charge in [-0.15, -0.1) is 0 Å². The second-order valence-corrected chi connectivity index (χ2v) is 8.45. The topological polar surface area (TPSA) is 64.0 Å². The fourth-order valence-electron chi connectivity index (χ4n) is 3.47. The lowest BCUT2D eigenvalue weighted by Gasteiger charge is -2.18. The largest absolute Gasteiger partial charge is 0.324 e. The molecule has 8 heteroatoms. The second-order valence-electron chi connectivity index (χ2n) is 6.54. The van der Waals surface area contributed by atoms with Gasteiger partial charge in [-0.05, 0) is 43.9 Å². The first-order valence-corrected chi connectivity index (χ1v) is 10.3.